The van der Waals surface area contributed by atoms with Gasteiger partial charge >= 0.3 is 0 Å². The summed E-state index contributed by atoms with van der Waals surface area (Å²) in [5.74, 6) is 0.330. The Balaban J connectivity index is 1.74. The highest BCUT2D eigenvalue weighted by Crippen LogP contribution is 2.32. The highest BCUT2D eigenvalue weighted by Gasteiger charge is 2.13. The number of anilines is 3. The smallest absolute Gasteiger partial charge is 0.229 e. The number of benzene rings is 2. The van der Waals surface area contributed by atoms with E-state index in [1.807, 2.05) is 35.9 Å². The number of halogens is 1. The minimum Gasteiger partial charge on any atom is -0.343 e. The first kappa shape index (κ1) is 18.9. The lowest BCUT2D eigenvalue weighted by Crippen LogP contribution is -2.09. The van der Waals surface area contributed by atoms with Crippen molar-refractivity contribution in [1.82, 2.24) is 9.55 Å². The van der Waals surface area contributed by atoms with Gasteiger partial charge in [-0.05, 0) is 42.5 Å². The van der Waals surface area contributed by atoms with Crippen molar-refractivity contribution in [2.45, 2.75) is 0 Å². The molecule has 0 unspecified atom stereocenters. The van der Waals surface area contributed by atoms with Gasteiger partial charge in [-0.15, -0.1) is 0 Å². The minimum atomic E-state index is -3.37. The summed E-state index contributed by atoms with van der Waals surface area (Å²) < 4.78 is 41.1. The van der Waals surface area contributed by atoms with Gasteiger partial charge in [-0.1, -0.05) is 18.2 Å². The third-order valence-corrected chi connectivity index (χ3v) is 5.13. The summed E-state index contributed by atoms with van der Waals surface area (Å²) in [4.78, 5) is 4.43. The van der Waals surface area contributed by atoms with Crippen LogP contribution < -0.4 is 10.0 Å². The Bertz CT molecular complexity index is 1320. The molecule has 2 aromatic carbocycles. The van der Waals surface area contributed by atoms with Crippen LogP contribution >= 0.6 is 0 Å². The standard InChI is InChI=1S/C21H19FN4O2S/c1-26-19-9-10-23-21(18(19)13-20(26)14-5-3-6-15(22)11-14)24-16-7-4-8-17(12-16)25-29(2,27)28/h3-13,25H,1-2H3,(H,23,24). The van der Waals surface area contributed by atoms with Crippen LogP contribution in [-0.4, -0.2) is 24.2 Å². The zero-order valence-corrected chi connectivity index (χ0v) is 16.7. The van der Waals surface area contributed by atoms with Crippen molar-refractivity contribution in [2.24, 2.45) is 7.05 Å². The van der Waals surface area contributed by atoms with Gasteiger partial charge in [0.1, 0.15) is 11.6 Å². The van der Waals surface area contributed by atoms with E-state index < -0.39 is 10.0 Å². The molecule has 0 spiro atoms. The number of hydrogen-bond donors (Lipinski definition) is 2. The summed E-state index contributed by atoms with van der Waals surface area (Å²) in [6.07, 6.45) is 2.80. The van der Waals surface area contributed by atoms with Crippen LogP contribution in [0, 0.1) is 5.82 Å². The number of fused-ring (bicyclic) bond motifs is 1. The van der Waals surface area contributed by atoms with E-state index in [0.29, 0.717) is 17.2 Å². The number of aromatic nitrogens is 2. The first-order chi connectivity index (χ1) is 13.8. The van der Waals surface area contributed by atoms with E-state index in [0.717, 1.165) is 28.4 Å². The molecule has 2 heterocycles. The maximum Gasteiger partial charge on any atom is 0.229 e. The average Bonchev–Trinajstić information content (AvgIpc) is 2.99. The average molecular weight is 410 g/mol. The van der Waals surface area contributed by atoms with Crippen LogP contribution in [0.4, 0.5) is 21.6 Å². The molecule has 4 aromatic rings. The van der Waals surface area contributed by atoms with Crippen LogP contribution in [0.2, 0.25) is 0 Å². The molecule has 29 heavy (non-hydrogen) atoms. The summed E-state index contributed by atoms with van der Waals surface area (Å²) in [5, 5.41) is 4.11. The van der Waals surface area contributed by atoms with Crippen LogP contribution in [-0.2, 0) is 17.1 Å². The number of sulfonamides is 1. The largest absolute Gasteiger partial charge is 0.343 e. The van der Waals surface area contributed by atoms with Crippen LogP contribution in [0.25, 0.3) is 22.2 Å². The van der Waals surface area contributed by atoms with Crippen LogP contribution in [0.5, 0.6) is 0 Å². The summed E-state index contributed by atoms with van der Waals surface area (Å²) in [6, 6.07) is 17.2. The zero-order chi connectivity index (χ0) is 20.6. The molecular formula is C21H19FN4O2S. The predicted molar refractivity (Wildman–Crippen MR) is 114 cm³/mol. The van der Waals surface area contributed by atoms with E-state index in [1.54, 1.807) is 30.5 Å². The fourth-order valence-electron chi connectivity index (χ4n) is 3.30. The summed E-state index contributed by atoms with van der Waals surface area (Å²) in [7, 11) is -1.45. The molecule has 2 aromatic heterocycles. The topological polar surface area (TPSA) is 76.0 Å². The van der Waals surface area contributed by atoms with Gasteiger partial charge in [0.15, 0.2) is 0 Å². The SMILES string of the molecule is Cn1c(-c2cccc(F)c2)cc2c(Nc3cccc(NS(C)(=O)=O)c3)nccc21. The highest BCUT2D eigenvalue weighted by molar-refractivity contribution is 7.92. The van der Waals surface area contributed by atoms with Crippen molar-refractivity contribution >= 4 is 38.1 Å². The predicted octanol–water partition coefficient (Wildman–Crippen LogP) is 4.49. The number of aryl methyl sites for hydroxylation is 1. The molecule has 0 fully saturated rings. The lowest BCUT2D eigenvalue weighted by molar-refractivity contribution is 0.607. The Labute approximate surface area is 168 Å². The molecule has 0 saturated carbocycles. The molecule has 4 rings (SSSR count). The number of hydrogen-bond acceptors (Lipinski definition) is 4. The van der Waals surface area contributed by atoms with Gasteiger partial charge in [-0.2, -0.15) is 0 Å². The van der Waals surface area contributed by atoms with Gasteiger partial charge in [-0.25, -0.2) is 17.8 Å². The van der Waals surface area contributed by atoms with Crippen LogP contribution in [0.1, 0.15) is 0 Å². The molecule has 0 saturated heterocycles. The zero-order valence-electron chi connectivity index (χ0n) is 15.8. The Morgan fingerprint density at radius 3 is 2.52 bits per heavy atom. The molecule has 0 aliphatic rings. The van der Waals surface area contributed by atoms with E-state index in [-0.39, 0.29) is 5.82 Å². The molecule has 0 radical (unpaired) electrons. The summed E-state index contributed by atoms with van der Waals surface area (Å²) >= 11 is 0. The van der Waals surface area contributed by atoms with E-state index in [2.05, 4.69) is 15.0 Å². The summed E-state index contributed by atoms with van der Waals surface area (Å²) in [6.45, 7) is 0. The number of nitrogens with one attached hydrogen (secondary N) is 2. The normalized spacial score (nSPS) is 11.6. The van der Waals surface area contributed by atoms with Gasteiger partial charge in [0.2, 0.25) is 10.0 Å². The molecule has 0 atom stereocenters. The molecule has 0 aliphatic heterocycles. The van der Waals surface area contributed by atoms with Crippen molar-refractivity contribution in [3.63, 3.8) is 0 Å². The van der Waals surface area contributed by atoms with Gasteiger partial charge in [0.05, 0.1) is 17.5 Å². The fourth-order valence-corrected chi connectivity index (χ4v) is 3.85. The molecular weight excluding hydrogens is 391 g/mol. The molecule has 148 valence electrons. The second-order valence-electron chi connectivity index (χ2n) is 6.77. The Hall–Kier alpha value is -3.39. The van der Waals surface area contributed by atoms with E-state index >= 15 is 0 Å². The van der Waals surface area contributed by atoms with Gasteiger partial charge in [-0.3, -0.25) is 4.72 Å². The van der Waals surface area contributed by atoms with Gasteiger partial charge < -0.3 is 9.88 Å². The maximum absolute atomic E-state index is 13.7. The van der Waals surface area contributed by atoms with Gasteiger partial charge in [0, 0.05) is 35.6 Å². The Kier molecular flexibility index (Phi) is 4.71. The summed E-state index contributed by atoms with van der Waals surface area (Å²) in [5.41, 5.74) is 3.72. The van der Waals surface area contributed by atoms with E-state index in [4.69, 9.17) is 0 Å². The molecule has 0 bridgehead atoms. The monoisotopic (exact) mass is 410 g/mol. The fraction of sp³-hybridized carbons (Fsp3) is 0.0952. The van der Waals surface area contributed by atoms with Crippen molar-refractivity contribution < 1.29 is 12.8 Å². The second-order valence-corrected chi connectivity index (χ2v) is 8.52. The Morgan fingerprint density at radius 1 is 1.00 bits per heavy atom. The third kappa shape index (κ3) is 4.07. The maximum atomic E-state index is 13.7. The van der Waals surface area contributed by atoms with Crippen molar-refractivity contribution in [1.29, 1.82) is 0 Å². The highest BCUT2D eigenvalue weighted by atomic mass is 32.2. The van der Waals surface area contributed by atoms with Crippen LogP contribution in [0.3, 0.4) is 0 Å². The van der Waals surface area contributed by atoms with Crippen molar-refractivity contribution in [3.8, 4) is 11.3 Å². The van der Waals surface area contributed by atoms with E-state index in [9.17, 15) is 12.8 Å². The third-order valence-electron chi connectivity index (χ3n) is 4.52. The number of nitrogens with zero attached hydrogens (tertiary/aromatic N) is 2. The molecule has 6 nitrogen and oxygen atoms in total. The molecule has 0 amide bonds. The van der Waals surface area contributed by atoms with Crippen molar-refractivity contribution in [3.05, 3.63) is 72.7 Å². The van der Waals surface area contributed by atoms with Crippen molar-refractivity contribution in [2.75, 3.05) is 16.3 Å². The van der Waals surface area contributed by atoms with Crippen LogP contribution in [0.15, 0.2) is 66.9 Å². The molecule has 2 N–H and O–H groups in total. The lowest BCUT2D eigenvalue weighted by Gasteiger charge is -2.10. The van der Waals surface area contributed by atoms with E-state index in [1.165, 1.54) is 12.1 Å². The first-order valence-corrected chi connectivity index (χ1v) is 10.7. The number of pyridine rings is 1. The Morgan fingerprint density at radius 2 is 1.76 bits per heavy atom. The second kappa shape index (κ2) is 7.21. The number of rotatable bonds is 5. The minimum absolute atomic E-state index is 0.292. The molecule has 8 heteroatoms. The lowest BCUT2D eigenvalue weighted by atomic mass is 10.1. The quantitative estimate of drug-likeness (QED) is 0.508. The molecule has 0 aliphatic carbocycles. The van der Waals surface area contributed by atoms with Gasteiger partial charge in [0.25, 0.3) is 0 Å². The first-order valence-electron chi connectivity index (χ1n) is 8.85.